The van der Waals surface area contributed by atoms with E-state index in [1.54, 1.807) is 54.5 Å². The van der Waals surface area contributed by atoms with E-state index in [2.05, 4.69) is 15.0 Å². The minimum Gasteiger partial charge on any atom is -0.465 e. The lowest BCUT2D eigenvalue weighted by molar-refractivity contribution is -0.384. The van der Waals surface area contributed by atoms with Crippen LogP contribution in [0.5, 0.6) is 0 Å². The van der Waals surface area contributed by atoms with Gasteiger partial charge in [0.1, 0.15) is 0 Å². The van der Waals surface area contributed by atoms with Crippen molar-refractivity contribution in [3.63, 3.8) is 0 Å². The standard InChI is InChI=1S/C18H16N4O4/c1-19-15-8-7-14(22(24)25)9-17(15)21-10-16(20-11-21)12-3-5-13(6-4-12)18(23)26-2/h3-11,19H,1-2H3. The van der Waals surface area contributed by atoms with Gasteiger partial charge in [-0.15, -0.1) is 0 Å². The summed E-state index contributed by atoms with van der Waals surface area (Å²) in [6.07, 6.45) is 3.36. The van der Waals surface area contributed by atoms with Gasteiger partial charge in [0, 0.05) is 30.9 Å². The van der Waals surface area contributed by atoms with Crippen molar-refractivity contribution in [2.45, 2.75) is 0 Å². The topological polar surface area (TPSA) is 99.3 Å². The Morgan fingerprint density at radius 1 is 1.23 bits per heavy atom. The summed E-state index contributed by atoms with van der Waals surface area (Å²) in [5.74, 6) is -0.405. The highest BCUT2D eigenvalue weighted by Gasteiger charge is 2.13. The first-order valence-electron chi connectivity index (χ1n) is 7.73. The van der Waals surface area contributed by atoms with Crippen molar-refractivity contribution in [1.82, 2.24) is 9.55 Å². The number of ether oxygens (including phenoxy) is 1. The molecule has 8 heteroatoms. The fourth-order valence-electron chi connectivity index (χ4n) is 2.56. The zero-order valence-electron chi connectivity index (χ0n) is 14.2. The highest BCUT2D eigenvalue weighted by Crippen LogP contribution is 2.27. The molecule has 0 aliphatic heterocycles. The van der Waals surface area contributed by atoms with Crippen molar-refractivity contribution < 1.29 is 14.5 Å². The number of nitrogens with zero attached hydrogens (tertiary/aromatic N) is 3. The normalized spacial score (nSPS) is 10.4. The van der Waals surface area contributed by atoms with Crippen LogP contribution in [0.25, 0.3) is 16.9 Å². The Balaban J connectivity index is 1.96. The molecule has 3 rings (SSSR count). The van der Waals surface area contributed by atoms with E-state index in [0.29, 0.717) is 16.9 Å². The van der Waals surface area contributed by atoms with Gasteiger partial charge < -0.3 is 14.6 Å². The second-order valence-electron chi connectivity index (χ2n) is 5.44. The Morgan fingerprint density at radius 3 is 2.58 bits per heavy atom. The van der Waals surface area contributed by atoms with E-state index in [0.717, 1.165) is 11.3 Å². The number of carbonyl (C=O) groups excluding carboxylic acids is 1. The average molecular weight is 352 g/mol. The van der Waals surface area contributed by atoms with E-state index in [1.807, 2.05) is 0 Å². The SMILES string of the molecule is CNc1ccc([N+](=O)[O-])cc1-n1cnc(-c2ccc(C(=O)OC)cc2)c1. The predicted molar refractivity (Wildman–Crippen MR) is 96.5 cm³/mol. The average Bonchev–Trinajstić information content (AvgIpc) is 3.17. The van der Waals surface area contributed by atoms with E-state index in [4.69, 9.17) is 0 Å². The third-order valence-corrected chi connectivity index (χ3v) is 3.92. The van der Waals surface area contributed by atoms with Crippen molar-refractivity contribution >= 4 is 17.3 Å². The summed E-state index contributed by atoms with van der Waals surface area (Å²) in [6, 6.07) is 11.4. The molecule has 1 N–H and O–H groups in total. The minimum absolute atomic E-state index is 0.00307. The molecule has 0 unspecified atom stereocenters. The number of aromatic nitrogens is 2. The van der Waals surface area contributed by atoms with E-state index >= 15 is 0 Å². The zero-order valence-corrected chi connectivity index (χ0v) is 14.2. The van der Waals surface area contributed by atoms with Crippen molar-refractivity contribution in [3.05, 3.63) is 70.7 Å². The predicted octanol–water partition coefficient (Wildman–Crippen LogP) is 3.28. The number of anilines is 1. The van der Waals surface area contributed by atoms with Gasteiger partial charge in [-0.3, -0.25) is 10.1 Å². The molecule has 26 heavy (non-hydrogen) atoms. The Labute approximate surface area is 149 Å². The van der Waals surface area contributed by atoms with Gasteiger partial charge in [0.2, 0.25) is 0 Å². The van der Waals surface area contributed by atoms with Gasteiger partial charge in [0.05, 0.1) is 41.0 Å². The molecule has 0 aliphatic carbocycles. The second-order valence-corrected chi connectivity index (χ2v) is 5.44. The number of hydrogen-bond acceptors (Lipinski definition) is 6. The first-order chi connectivity index (χ1) is 12.5. The number of nitrogens with one attached hydrogen (secondary N) is 1. The molecule has 0 saturated carbocycles. The summed E-state index contributed by atoms with van der Waals surface area (Å²) in [5, 5.41) is 14.1. The number of non-ortho nitro benzene ring substituents is 1. The number of nitro benzene ring substituents is 1. The quantitative estimate of drug-likeness (QED) is 0.430. The second kappa shape index (κ2) is 7.06. The molecule has 0 atom stereocenters. The van der Waals surface area contributed by atoms with Crippen molar-refractivity contribution in [2.24, 2.45) is 0 Å². The molecule has 132 valence electrons. The monoisotopic (exact) mass is 352 g/mol. The molecular formula is C18H16N4O4. The van der Waals surface area contributed by atoms with Crippen LogP contribution in [-0.4, -0.2) is 34.6 Å². The Hall–Kier alpha value is -3.68. The maximum Gasteiger partial charge on any atom is 0.337 e. The Morgan fingerprint density at radius 2 is 1.96 bits per heavy atom. The summed E-state index contributed by atoms with van der Waals surface area (Å²) in [6.45, 7) is 0. The Bertz CT molecular complexity index is 964. The molecule has 0 spiro atoms. The van der Waals surface area contributed by atoms with Gasteiger partial charge in [0.25, 0.3) is 5.69 Å². The number of methoxy groups -OCH3 is 1. The van der Waals surface area contributed by atoms with Crippen LogP contribution in [-0.2, 0) is 4.74 Å². The fourth-order valence-corrected chi connectivity index (χ4v) is 2.56. The van der Waals surface area contributed by atoms with Gasteiger partial charge in [-0.25, -0.2) is 9.78 Å². The first-order valence-corrected chi connectivity index (χ1v) is 7.73. The number of rotatable bonds is 5. The van der Waals surface area contributed by atoms with Crippen LogP contribution in [0.4, 0.5) is 11.4 Å². The molecule has 0 aliphatic rings. The molecule has 3 aromatic rings. The van der Waals surface area contributed by atoms with Crippen LogP contribution in [0.1, 0.15) is 10.4 Å². The number of hydrogen-bond donors (Lipinski definition) is 1. The number of esters is 1. The molecule has 0 fully saturated rings. The van der Waals surface area contributed by atoms with E-state index in [9.17, 15) is 14.9 Å². The number of benzene rings is 2. The summed E-state index contributed by atoms with van der Waals surface area (Å²) in [4.78, 5) is 26.5. The third kappa shape index (κ3) is 3.25. The largest absolute Gasteiger partial charge is 0.465 e. The molecule has 0 bridgehead atoms. The fraction of sp³-hybridized carbons (Fsp3) is 0.111. The van der Waals surface area contributed by atoms with Gasteiger partial charge in [-0.2, -0.15) is 0 Å². The smallest absolute Gasteiger partial charge is 0.337 e. The first kappa shape index (κ1) is 17.2. The number of carbonyl (C=O) groups is 1. The van der Waals surface area contributed by atoms with Crippen LogP contribution in [0.3, 0.4) is 0 Å². The molecule has 8 nitrogen and oxygen atoms in total. The summed E-state index contributed by atoms with van der Waals surface area (Å²) < 4.78 is 6.39. The van der Waals surface area contributed by atoms with Gasteiger partial charge >= 0.3 is 5.97 Å². The highest BCUT2D eigenvalue weighted by atomic mass is 16.6. The molecule has 1 aromatic heterocycles. The van der Waals surface area contributed by atoms with E-state index in [1.165, 1.54) is 19.2 Å². The van der Waals surface area contributed by atoms with Crippen molar-refractivity contribution in [3.8, 4) is 16.9 Å². The van der Waals surface area contributed by atoms with Crippen LogP contribution in [0.2, 0.25) is 0 Å². The maximum atomic E-state index is 11.5. The van der Waals surface area contributed by atoms with Crippen molar-refractivity contribution in [1.29, 1.82) is 0 Å². The van der Waals surface area contributed by atoms with Gasteiger partial charge in [0.15, 0.2) is 0 Å². The molecule has 0 radical (unpaired) electrons. The molecule has 1 heterocycles. The Kier molecular flexibility index (Phi) is 4.66. The number of imidazole rings is 1. The molecule has 2 aromatic carbocycles. The van der Waals surface area contributed by atoms with Crippen molar-refractivity contribution in [2.75, 3.05) is 19.5 Å². The van der Waals surface area contributed by atoms with E-state index in [-0.39, 0.29) is 5.69 Å². The lowest BCUT2D eigenvalue weighted by Gasteiger charge is -2.09. The molecular weight excluding hydrogens is 336 g/mol. The van der Waals surface area contributed by atoms with Crippen LogP contribution < -0.4 is 5.32 Å². The van der Waals surface area contributed by atoms with Gasteiger partial charge in [-0.05, 0) is 18.2 Å². The van der Waals surface area contributed by atoms with E-state index < -0.39 is 10.9 Å². The summed E-state index contributed by atoms with van der Waals surface area (Å²) in [5.41, 5.74) is 3.29. The van der Waals surface area contributed by atoms with Crippen LogP contribution >= 0.6 is 0 Å². The van der Waals surface area contributed by atoms with Crippen LogP contribution in [0.15, 0.2) is 55.0 Å². The lowest BCUT2D eigenvalue weighted by atomic mass is 10.1. The maximum absolute atomic E-state index is 11.5. The van der Waals surface area contributed by atoms with Gasteiger partial charge in [-0.1, -0.05) is 12.1 Å². The summed E-state index contributed by atoms with van der Waals surface area (Å²) >= 11 is 0. The number of nitro groups is 1. The third-order valence-electron chi connectivity index (χ3n) is 3.92. The minimum atomic E-state index is -0.438. The zero-order chi connectivity index (χ0) is 18.7. The summed E-state index contributed by atoms with van der Waals surface area (Å²) in [7, 11) is 3.07. The molecule has 0 saturated heterocycles. The lowest BCUT2D eigenvalue weighted by Crippen LogP contribution is -2.00. The highest BCUT2D eigenvalue weighted by molar-refractivity contribution is 5.89. The van der Waals surface area contributed by atoms with Crippen LogP contribution in [0, 0.1) is 10.1 Å². The molecule has 0 amide bonds.